The van der Waals surface area contributed by atoms with E-state index < -0.39 is 29.9 Å². The normalized spacial score (nSPS) is 13.5. The van der Waals surface area contributed by atoms with E-state index in [2.05, 4.69) is 46.9 Å². The van der Waals surface area contributed by atoms with Crippen LogP contribution in [0.15, 0.2) is 91.0 Å². The van der Waals surface area contributed by atoms with Gasteiger partial charge in [-0.1, -0.05) is 60.7 Å². The summed E-state index contributed by atoms with van der Waals surface area (Å²) in [4.78, 5) is 14.9. The lowest BCUT2D eigenvalue weighted by molar-refractivity contribution is 0.0597. The lowest BCUT2D eigenvalue weighted by atomic mass is 9.98. The Kier molecular flexibility index (Phi) is 10.4. The number of hydrogen-bond acceptors (Lipinski definition) is 4. The van der Waals surface area contributed by atoms with Crippen molar-refractivity contribution in [3.05, 3.63) is 128 Å². The monoisotopic (exact) mass is 690 g/mol. The van der Waals surface area contributed by atoms with Crippen molar-refractivity contribution in [2.75, 3.05) is 13.2 Å². The van der Waals surface area contributed by atoms with Crippen LogP contribution in [-0.4, -0.2) is 41.4 Å². The van der Waals surface area contributed by atoms with Crippen LogP contribution in [0, 0.1) is 15.2 Å². The first kappa shape index (κ1) is 30.9. The molecule has 9 heteroatoms. The van der Waals surface area contributed by atoms with E-state index in [-0.39, 0.29) is 44.4 Å². The topological polar surface area (TPSA) is 75.8 Å². The number of halogens is 4. The maximum Gasteiger partial charge on any atom is 0.410 e. The van der Waals surface area contributed by atoms with Crippen molar-refractivity contribution in [3.63, 3.8) is 0 Å². The number of benzene rings is 4. The van der Waals surface area contributed by atoms with Gasteiger partial charge in [0.15, 0.2) is 0 Å². The molecule has 5 nitrogen and oxygen atoms in total. The van der Waals surface area contributed by atoms with E-state index in [4.69, 9.17) is 10.5 Å². The molecule has 5 rings (SSSR count). The Labute approximate surface area is 257 Å². The molecule has 0 spiro atoms. The molecule has 0 heterocycles. The van der Waals surface area contributed by atoms with E-state index in [1.54, 1.807) is 0 Å². The van der Waals surface area contributed by atoms with Crippen LogP contribution < -0.4 is 5.73 Å². The first-order valence-electron chi connectivity index (χ1n) is 13.0. The SMILES string of the molecule is Cl.N[C@@H](Cc1cc(F)cc(F)c1)[C@H](O)CN(Cc1cccc(I)c1)C(=O)OCC1c2ccccc2-c2ccccc21. The molecule has 0 bridgehead atoms. The van der Waals surface area contributed by atoms with Crippen molar-refractivity contribution in [1.29, 1.82) is 0 Å². The zero-order valence-corrected chi connectivity index (χ0v) is 25.0. The fourth-order valence-electron chi connectivity index (χ4n) is 5.24. The zero-order chi connectivity index (χ0) is 28.2. The number of aliphatic hydroxyl groups is 1. The molecule has 0 saturated carbocycles. The summed E-state index contributed by atoms with van der Waals surface area (Å²) in [5, 5.41) is 10.9. The van der Waals surface area contributed by atoms with Crippen LogP contribution in [0.5, 0.6) is 0 Å². The quantitative estimate of drug-likeness (QED) is 0.193. The van der Waals surface area contributed by atoms with Crippen molar-refractivity contribution in [2.24, 2.45) is 5.73 Å². The molecule has 214 valence electrons. The fourth-order valence-corrected chi connectivity index (χ4v) is 5.85. The minimum Gasteiger partial charge on any atom is -0.448 e. The predicted molar refractivity (Wildman–Crippen MR) is 166 cm³/mol. The first-order valence-corrected chi connectivity index (χ1v) is 14.1. The Balaban J connectivity index is 0.00000387. The molecule has 3 N–H and O–H groups in total. The number of carbonyl (C=O) groups is 1. The molecule has 4 aromatic carbocycles. The molecular formula is C32H30ClF2IN2O3. The van der Waals surface area contributed by atoms with Gasteiger partial charge in [0, 0.05) is 28.1 Å². The van der Waals surface area contributed by atoms with Crippen molar-refractivity contribution < 1.29 is 23.4 Å². The third-order valence-corrected chi connectivity index (χ3v) is 7.82. The van der Waals surface area contributed by atoms with E-state index in [1.165, 1.54) is 17.0 Å². The second-order valence-electron chi connectivity index (χ2n) is 10.0. The van der Waals surface area contributed by atoms with Gasteiger partial charge in [-0.2, -0.15) is 0 Å². The molecule has 1 aliphatic carbocycles. The summed E-state index contributed by atoms with van der Waals surface area (Å²) in [7, 11) is 0. The number of fused-ring (bicyclic) bond motifs is 3. The molecule has 1 aliphatic rings. The van der Waals surface area contributed by atoms with E-state index in [0.29, 0.717) is 5.56 Å². The number of nitrogens with two attached hydrogens (primary N) is 1. The average Bonchev–Trinajstić information content (AvgIpc) is 3.24. The molecule has 0 fully saturated rings. The van der Waals surface area contributed by atoms with Crippen molar-refractivity contribution in [2.45, 2.75) is 31.0 Å². The van der Waals surface area contributed by atoms with Gasteiger partial charge >= 0.3 is 6.09 Å². The van der Waals surface area contributed by atoms with Crippen LogP contribution in [0.3, 0.4) is 0 Å². The molecule has 0 aromatic heterocycles. The fraction of sp³-hybridized carbons (Fsp3) is 0.219. The van der Waals surface area contributed by atoms with Crippen molar-refractivity contribution in [1.82, 2.24) is 4.90 Å². The summed E-state index contributed by atoms with van der Waals surface area (Å²) in [6.45, 7) is 0.230. The molecule has 0 aliphatic heterocycles. The molecule has 4 aromatic rings. The minimum absolute atomic E-state index is 0. The number of hydrogen-bond donors (Lipinski definition) is 2. The smallest absolute Gasteiger partial charge is 0.410 e. The summed E-state index contributed by atoms with van der Waals surface area (Å²) >= 11 is 2.20. The summed E-state index contributed by atoms with van der Waals surface area (Å²) in [6.07, 6.45) is -1.70. The third-order valence-electron chi connectivity index (χ3n) is 7.15. The van der Waals surface area contributed by atoms with E-state index >= 15 is 0 Å². The van der Waals surface area contributed by atoms with E-state index in [1.807, 2.05) is 48.5 Å². The van der Waals surface area contributed by atoms with Crippen molar-refractivity contribution >= 4 is 41.1 Å². The summed E-state index contributed by atoms with van der Waals surface area (Å²) in [5.41, 5.74) is 11.9. The maximum atomic E-state index is 13.7. The average molecular weight is 691 g/mol. The first-order chi connectivity index (χ1) is 19.3. The highest BCUT2D eigenvalue weighted by molar-refractivity contribution is 14.1. The van der Waals surface area contributed by atoms with Gasteiger partial charge < -0.3 is 20.5 Å². The van der Waals surface area contributed by atoms with E-state index in [9.17, 15) is 18.7 Å². The summed E-state index contributed by atoms with van der Waals surface area (Å²) < 4.78 is 34.2. The molecule has 0 unspecified atom stereocenters. The summed E-state index contributed by atoms with van der Waals surface area (Å²) in [5.74, 6) is -1.53. The van der Waals surface area contributed by atoms with Gasteiger partial charge in [-0.25, -0.2) is 13.6 Å². The summed E-state index contributed by atoms with van der Waals surface area (Å²) in [6, 6.07) is 26.2. The van der Waals surface area contributed by atoms with Gasteiger partial charge in [0.05, 0.1) is 12.6 Å². The Hall–Kier alpha value is -3.05. The lowest BCUT2D eigenvalue weighted by Gasteiger charge is -2.28. The second-order valence-corrected chi connectivity index (χ2v) is 11.3. The third kappa shape index (κ3) is 7.43. The number of rotatable bonds is 9. The highest BCUT2D eigenvalue weighted by atomic mass is 127. The minimum atomic E-state index is -1.16. The molecule has 41 heavy (non-hydrogen) atoms. The number of nitrogens with zero attached hydrogens (tertiary/aromatic N) is 1. The maximum absolute atomic E-state index is 13.7. The van der Waals surface area contributed by atoms with E-state index in [0.717, 1.165) is 37.5 Å². The predicted octanol–water partition coefficient (Wildman–Crippen LogP) is 6.67. The molecule has 1 amide bonds. The molecule has 0 radical (unpaired) electrons. The standard InChI is InChI=1S/C32H29F2IN2O3.ClH/c33-22-12-21(13-23(34)16-22)15-30(36)31(38)18-37(17-20-6-5-7-24(35)14-20)32(39)40-19-29-27-10-3-1-8-25(27)26-9-2-4-11-28(26)29;/h1-14,16,29-31,38H,15,17-19,36H2;1H/t30-,31+;/m0./s1. The van der Waals surface area contributed by atoms with Gasteiger partial charge in [0.1, 0.15) is 18.2 Å². The Bertz CT molecular complexity index is 1460. The van der Waals surface area contributed by atoms with Gasteiger partial charge in [-0.15, -0.1) is 12.4 Å². The number of carbonyl (C=O) groups excluding carboxylic acids is 1. The lowest BCUT2D eigenvalue weighted by Crippen LogP contribution is -2.46. The van der Waals surface area contributed by atoms with Crippen molar-refractivity contribution in [3.8, 4) is 11.1 Å². The van der Waals surface area contributed by atoms with Crippen LogP contribution in [0.4, 0.5) is 13.6 Å². The molecular weight excluding hydrogens is 661 g/mol. The highest BCUT2D eigenvalue weighted by Gasteiger charge is 2.30. The molecule has 2 atom stereocenters. The van der Waals surface area contributed by atoms with Crippen LogP contribution in [0.25, 0.3) is 11.1 Å². The van der Waals surface area contributed by atoms with Crippen LogP contribution >= 0.6 is 35.0 Å². The van der Waals surface area contributed by atoms with Crippen LogP contribution in [-0.2, 0) is 17.7 Å². The van der Waals surface area contributed by atoms with Crippen LogP contribution in [0.1, 0.15) is 28.2 Å². The Morgan fingerprint density at radius 1 is 0.902 bits per heavy atom. The van der Waals surface area contributed by atoms with Crippen LogP contribution in [0.2, 0.25) is 0 Å². The zero-order valence-electron chi connectivity index (χ0n) is 22.1. The van der Waals surface area contributed by atoms with Gasteiger partial charge in [-0.3, -0.25) is 0 Å². The number of aliphatic hydroxyl groups excluding tert-OH is 1. The van der Waals surface area contributed by atoms with Gasteiger partial charge in [0.25, 0.3) is 0 Å². The highest BCUT2D eigenvalue weighted by Crippen LogP contribution is 2.44. The second kappa shape index (κ2) is 13.7. The number of ether oxygens (including phenoxy) is 1. The molecule has 0 saturated heterocycles. The van der Waals surface area contributed by atoms with Gasteiger partial charge in [-0.05, 0) is 86.7 Å². The largest absolute Gasteiger partial charge is 0.448 e. The number of amides is 1. The Morgan fingerprint density at radius 2 is 1.51 bits per heavy atom. The van der Waals surface area contributed by atoms with Gasteiger partial charge in [0.2, 0.25) is 0 Å². The Morgan fingerprint density at radius 3 is 2.12 bits per heavy atom.